The number of rotatable bonds is 7. The Morgan fingerprint density at radius 3 is 2.38 bits per heavy atom. The molecule has 148 valence electrons. The zero-order valence-corrected chi connectivity index (χ0v) is 14.8. The minimum absolute atomic E-state index is 0.255. The minimum atomic E-state index is -5.23. The van der Waals surface area contributed by atoms with Gasteiger partial charge in [0.25, 0.3) is 5.91 Å². The van der Waals surface area contributed by atoms with Crippen molar-refractivity contribution >= 4 is 33.2 Å². The second-order valence-corrected chi connectivity index (χ2v) is 7.53. The van der Waals surface area contributed by atoms with E-state index in [2.05, 4.69) is 0 Å². The maximum atomic E-state index is 12.6. The molecular formula is C13H16ClF3N2O6S. The normalized spacial score (nSPS) is 16.0. The summed E-state index contributed by atoms with van der Waals surface area (Å²) >= 11 is 5.77. The average Bonchev–Trinajstić information content (AvgIpc) is 2.53. The standard InChI is InChI=1S/C13H16ClF3N2O6S/c1-12(23,13(15,16)17)11(22)19-10-3-2-8(4-9(10)14)26(24,25)18-5-7(21)6-20/h2-4,7,18,20-21,23H,5-6H2,1H3,(H,19,22)/t7?,12-/m1/s1. The van der Waals surface area contributed by atoms with Crippen molar-refractivity contribution in [2.24, 2.45) is 0 Å². The maximum Gasteiger partial charge on any atom is 0.426 e. The molecule has 2 atom stereocenters. The summed E-state index contributed by atoms with van der Waals surface area (Å²) in [6.45, 7) is -0.901. The molecule has 1 unspecified atom stereocenters. The summed E-state index contributed by atoms with van der Waals surface area (Å²) in [5, 5.41) is 28.4. The molecule has 0 radical (unpaired) electrons. The molecule has 5 N–H and O–H groups in total. The van der Waals surface area contributed by atoms with Crippen LogP contribution in [0, 0.1) is 0 Å². The molecular weight excluding hydrogens is 405 g/mol. The largest absolute Gasteiger partial charge is 0.426 e. The highest BCUT2D eigenvalue weighted by molar-refractivity contribution is 7.89. The van der Waals surface area contributed by atoms with Crippen molar-refractivity contribution in [3.63, 3.8) is 0 Å². The number of anilines is 1. The zero-order chi connectivity index (χ0) is 20.3. The maximum absolute atomic E-state index is 12.6. The van der Waals surface area contributed by atoms with Gasteiger partial charge < -0.3 is 20.6 Å². The first-order chi connectivity index (χ1) is 11.7. The highest BCUT2D eigenvalue weighted by Crippen LogP contribution is 2.32. The van der Waals surface area contributed by atoms with Crippen molar-refractivity contribution < 1.29 is 41.7 Å². The number of aliphatic hydroxyl groups excluding tert-OH is 2. The first kappa shape index (κ1) is 22.6. The van der Waals surface area contributed by atoms with Crippen LogP contribution in [0.25, 0.3) is 0 Å². The quantitative estimate of drug-likeness (QED) is 0.428. The van der Waals surface area contributed by atoms with Gasteiger partial charge in [-0.15, -0.1) is 0 Å². The fraction of sp³-hybridized carbons (Fsp3) is 0.462. The van der Waals surface area contributed by atoms with Gasteiger partial charge in [-0.3, -0.25) is 4.79 Å². The van der Waals surface area contributed by atoms with Crippen LogP contribution >= 0.6 is 11.6 Å². The summed E-state index contributed by atoms with van der Waals surface area (Å²) in [4.78, 5) is 11.2. The van der Waals surface area contributed by atoms with E-state index in [1.165, 1.54) is 0 Å². The van der Waals surface area contributed by atoms with Crippen molar-refractivity contribution in [2.75, 3.05) is 18.5 Å². The van der Waals surface area contributed by atoms with E-state index >= 15 is 0 Å². The first-order valence-electron chi connectivity index (χ1n) is 6.91. The summed E-state index contributed by atoms with van der Waals surface area (Å²) in [6, 6.07) is 2.73. The molecule has 8 nitrogen and oxygen atoms in total. The van der Waals surface area contributed by atoms with Gasteiger partial charge in [0.15, 0.2) is 0 Å². The lowest BCUT2D eigenvalue weighted by Crippen LogP contribution is -2.52. The Bertz CT molecular complexity index is 770. The van der Waals surface area contributed by atoms with Crippen molar-refractivity contribution in [2.45, 2.75) is 29.7 Å². The van der Waals surface area contributed by atoms with Gasteiger partial charge in [0, 0.05) is 6.54 Å². The van der Waals surface area contributed by atoms with Crippen LogP contribution in [-0.4, -0.2) is 60.7 Å². The van der Waals surface area contributed by atoms with E-state index in [9.17, 15) is 31.5 Å². The van der Waals surface area contributed by atoms with Crippen LogP contribution in [0.2, 0.25) is 5.02 Å². The number of amides is 1. The first-order valence-corrected chi connectivity index (χ1v) is 8.77. The van der Waals surface area contributed by atoms with Gasteiger partial charge in [0.2, 0.25) is 15.6 Å². The predicted octanol–water partition coefficient (Wildman–Crippen LogP) is 0.223. The van der Waals surface area contributed by atoms with Gasteiger partial charge in [0.05, 0.1) is 28.3 Å². The number of halogens is 4. The number of sulfonamides is 1. The number of alkyl halides is 3. The van der Waals surface area contributed by atoms with Crippen LogP contribution in [-0.2, 0) is 14.8 Å². The Labute approximate surface area is 151 Å². The molecule has 1 rings (SSSR count). The molecule has 26 heavy (non-hydrogen) atoms. The zero-order valence-electron chi connectivity index (χ0n) is 13.2. The van der Waals surface area contributed by atoms with Crippen LogP contribution in [0.3, 0.4) is 0 Å². The van der Waals surface area contributed by atoms with Crippen LogP contribution < -0.4 is 10.0 Å². The van der Waals surface area contributed by atoms with E-state index in [-0.39, 0.29) is 12.6 Å². The summed E-state index contributed by atoms with van der Waals surface area (Å²) in [6.07, 6.45) is -6.56. The van der Waals surface area contributed by atoms with E-state index < -0.39 is 56.9 Å². The Morgan fingerprint density at radius 1 is 1.35 bits per heavy atom. The van der Waals surface area contributed by atoms with E-state index in [4.69, 9.17) is 21.8 Å². The van der Waals surface area contributed by atoms with Crippen LogP contribution in [0.15, 0.2) is 23.1 Å². The number of carbonyl (C=O) groups excluding carboxylic acids is 1. The lowest BCUT2D eigenvalue weighted by Gasteiger charge is -2.25. The van der Waals surface area contributed by atoms with Crippen molar-refractivity contribution in [1.29, 1.82) is 0 Å². The Morgan fingerprint density at radius 2 is 1.92 bits per heavy atom. The Kier molecular flexibility index (Phi) is 7.01. The molecule has 0 aliphatic rings. The van der Waals surface area contributed by atoms with Gasteiger partial charge in [0.1, 0.15) is 0 Å². The second-order valence-electron chi connectivity index (χ2n) is 5.35. The smallest absolute Gasteiger partial charge is 0.394 e. The molecule has 13 heteroatoms. The van der Waals surface area contributed by atoms with Gasteiger partial charge in [-0.05, 0) is 25.1 Å². The molecule has 0 fully saturated rings. The summed E-state index contributed by atoms with van der Waals surface area (Å²) in [5.41, 5.74) is -4.03. The molecule has 0 aliphatic heterocycles. The number of hydrogen-bond acceptors (Lipinski definition) is 6. The van der Waals surface area contributed by atoms with Crippen molar-refractivity contribution in [3.05, 3.63) is 23.2 Å². The van der Waals surface area contributed by atoms with Crippen LogP contribution in [0.5, 0.6) is 0 Å². The summed E-state index contributed by atoms with van der Waals surface area (Å²) in [7, 11) is -4.13. The summed E-state index contributed by atoms with van der Waals surface area (Å²) < 4.78 is 63.8. The van der Waals surface area contributed by atoms with E-state index in [1.54, 1.807) is 5.32 Å². The SMILES string of the molecule is C[C@@](O)(C(=O)Nc1ccc(S(=O)(=O)NCC(O)CO)cc1Cl)C(F)(F)F. The third kappa shape index (κ3) is 5.28. The van der Waals surface area contributed by atoms with Crippen LogP contribution in [0.1, 0.15) is 6.92 Å². The number of carbonyl (C=O) groups is 1. The Balaban J connectivity index is 2.99. The van der Waals surface area contributed by atoms with Gasteiger partial charge >= 0.3 is 6.18 Å². The van der Waals surface area contributed by atoms with E-state index in [0.717, 1.165) is 18.2 Å². The predicted molar refractivity (Wildman–Crippen MR) is 85.0 cm³/mol. The monoisotopic (exact) mass is 420 g/mol. The molecule has 0 spiro atoms. The molecule has 0 bridgehead atoms. The van der Waals surface area contributed by atoms with E-state index in [1.807, 2.05) is 4.72 Å². The van der Waals surface area contributed by atoms with Crippen molar-refractivity contribution in [3.8, 4) is 0 Å². The van der Waals surface area contributed by atoms with Gasteiger partial charge in [-0.25, -0.2) is 13.1 Å². The number of aliphatic hydroxyl groups is 3. The average molecular weight is 421 g/mol. The molecule has 1 aromatic carbocycles. The Hall–Kier alpha value is -1.44. The lowest BCUT2D eigenvalue weighted by atomic mass is 10.1. The summed E-state index contributed by atoms with van der Waals surface area (Å²) in [5.74, 6) is -1.80. The molecule has 0 aliphatic carbocycles. The lowest BCUT2D eigenvalue weighted by molar-refractivity contribution is -0.242. The number of nitrogens with one attached hydrogen (secondary N) is 2. The fourth-order valence-corrected chi connectivity index (χ4v) is 2.88. The molecule has 0 saturated heterocycles. The van der Waals surface area contributed by atoms with Crippen LogP contribution in [0.4, 0.5) is 18.9 Å². The fourth-order valence-electron chi connectivity index (χ4n) is 1.49. The van der Waals surface area contributed by atoms with Gasteiger partial charge in [-0.1, -0.05) is 11.6 Å². The third-order valence-electron chi connectivity index (χ3n) is 3.21. The highest BCUT2D eigenvalue weighted by atomic mass is 35.5. The van der Waals surface area contributed by atoms with Crippen molar-refractivity contribution in [1.82, 2.24) is 4.72 Å². The second kappa shape index (κ2) is 8.06. The number of benzene rings is 1. The third-order valence-corrected chi connectivity index (χ3v) is 4.95. The molecule has 0 saturated carbocycles. The minimum Gasteiger partial charge on any atom is -0.394 e. The molecule has 0 heterocycles. The molecule has 0 aromatic heterocycles. The number of hydrogen-bond donors (Lipinski definition) is 5. The van der Waals surface area contributed by atoms with E-state index in [0.29, 0.717) is 0 Å². The molecule has 1 aromatic rings. The topological polar surface area (TPSA) is 136 Å². The highest BCUT2D eigenvalue weighted by Gasteiger charge is 2.55. The molecule has 1 amide bonds. The van der Waals surface area contributed by atoms with Gasteiger partial charge in [-0.2, -0.15) is 13.2 Å².